The summed E-state index contributed by atoms with van der Waals surface area (Å²) in [7, 11) is 0. The van der Waals surface area contributed by atoms with E-state index >= 15 is 0 Å². The van der Waals surface area contributed by atoms with Crippen LogP contribution < -0.4 is 10.6 Å². The van der Waals surface area contributed by atoms with E-state index in [1.54, 1.807) is 0 Å². The topological polar surface area (TPSA) is 24.1 Å². The predicted molar refractivity (Wildman–Crippen MR) is 72.1 cm³/mol. The van der Waals surface area contributed by atoms with E-state index in [4.69, 9.17) is 0 Å². The van der Waals surface area contributed by atoms with Gasteiger partial charge in [0.25, 0.3) is 0 Å². The summed E-state index contributed by atoms with van der Waals surface area (Å²) in [5.41, 5.74) is 0.428. The molecule has 0 aromatic carbocycles. The summed E-state index contributed by atoms with van der Waals surface area (Å²) in [6, 6.07) is 0. The van der Waals surface area contributed by atoms with Crippen LogP contribution in [-0.4, -0.2) is 25.2 Å². The van der Waals surface area contributed by atoms with E-state index in [-0.39, 0.29) is 0 Å². The van der Waals surface area contributed by atoms with Crippen molar-refractivity contribution in [2.75, 3.05) is 19.6 Å². The van der Waals surface area contributed by atoms with Crippen molar-refractivity contribution in [1.29, 1.82) is 0 Å². The first-order valence-electron chi connectivity index (χ1n) is 7.79. The average Bonchev–Trinajstić information content (AvgIpc) is 3.26. The Morgan fingerprint density at radius 2 is 1.94 bits per heavy atom. The van der Waals surface area contributed by atoms with Gasteiger partial charge < -0.3 is 10.6 Å². The SMILES string of the molecule is CCC1(CNCC(C2CC2)C2CC2)CCCN1. The lowest BCUT2D eigenvalue weighted by atomic mass is 9.93. The zero-order chi connectivity index (χ0) is 11.7. The first-order valence-corrected chi connectivity index (χ1v) is 7.79. The Hall–Kier alpha value is -0.0800. The molecule has 2 N–H and O–H groups in total. The van der Waals surface area contributed by atoms with E-state index in [1.165, 1.54) is 64.6 Å². The molecule has 17 heavy (non-hydrogen) atoms. The fourth-order valence-electron chi connectivity index (χ4n) is 3.69. The molecule has 3 fully saturated rings. The van der Waals surface area contributed by atoms with Gasteiger partial charge in [0.15, 0.2) is 0 Å². The molecule has 1 heterocycles. The molecule has 0 amide bonds. The van der Waals surface area contributed by atoms with Crippen LogP contribution in [0.2, 0.25) is 0 Å². The van der Waals surface area contributed by atoms with Gasteiger partial charge in [-0.2, -0.15) is 0 Å². The minimum Gasteiger partial charge on any atom is -0.315 e. The van der Waals surface area contributed by atoms with Gasteiger partial charge in [0.05, 0.1) is 0 Å². The van der Waals surface area contributed by atoms with Gasteiger partial charge in [0.1, 0.15) is 0 Å². The molecule has 98 valence electrons. The van der Waals surface area contributed by atoms with Gasteiger partial charge in [0, 0.05) is 12.1 Å². The number of hydrogen-bond acceptors (Lipinski definition) is 2. The van der Waals surface area contributed by atoms with E-state index in [0.717, 1.165) is 17.8 Å². The van der Waals surface area contributed by atoms with E-state index in [9.17, 15) is 0 Å². The molecule has 3 aliphatic rings. The second kappa shape index (κ2) is 4.89. The van der Waals surface area contributed by atoms with Gasteiger partial charge in [-0.25, -0.2) is 0 Å². The summed E-state index contributed by atoms with van der Waals surface area (Å²) < 4.78 is 0. The third kappa shape index (κ3) is 2.85. The van der Waals surface area contributed by atoms with Gasteiger partial charge in [-0.3, -0.25) is 0 Å². The van der Waals surface area contributed by atoms with E-state index in [0.29, 0.717) is 5.54 Å². The van der Waals surface area contributed by atoms with Crippen molar-refractivity contribution in [3.8, 4) is 0 Å². The second-order valence-corrected chi connectivity index (χ2v) is 6.63. The second-order valence-electron chi connectivity index (χ2n) is 6.63. The first kappa shape index (κ1) is 12.0. The molecule has 0 spiro atoms. The lowest BCUT2D eigenvalue weighted by Gasteiger charge is -2.29. The number of rotatable bonds is 7. The maximum absolute atomic E-state index is 3.80. The Labute approximate surface area is 106 Å². The highest BCUT2D eigenvalue weighted by Crippen LogP contribution is 2.48. The fraction of sp³-hybridized carbons (Fsp3) is 1.00. The Balaban J connectivity index is 1.43. The summed E-state index contributed by atoms with van der Waals surface area (Å²) in [5, 5.41) is 7.52. The Bertz CT molecular complexity index is 238. The Morgan fingerprint density at radius 1 is 1.24 bits per heavy atom. The summed E-state index contributed by atoms with van der Waals surface area (Å²) in [6.45, 7) is 6.04. The number of hydrogen-bond donors (Lipinski definition) is 2. The van der Waals surface area contributed by atoms with E-state index < -0.39 is 0 Å². The van der Waals surface area contributed by atoms with Gasteiger partial charge in [0.2, 0.25) is 0 Å². The minimum atomic E-state index is 0.428. The zero-order valence-corrected chi connectivity index (χ0v) is 11.3. The third-order valence-corrected chi connectivity index (χ3v) is 5.31. The molecule has 2 nitrogen and oxygen atoms in total. The van der Waals surface area contributed by atoms with Crippen molar-refractivity contribution in [1.82, 2.24) is 10.6 Å². The monoisotopic (exact) mass is 236 g/mol. The van der Waals surface area contributed by atoms with Crippen molar-refractivity contribution in [2.24, 2.45) is 17.8 Å². The van der Waals surface area contributed by atoms with Crippen LogP contribution in [0.4, 0.5) is 0 Å². The molecule has 0 aromatic rings. The van der Waals surface area contributed by atoms with Crippen LogP contribution >= 0.6 is 0 Å². The minimum absolute atomic E-state index is 0.428. The van der Waals surface area contributed by atoms with Crippen LogP contribution in [0.25, 0.3) is 0 Å². The zero-order valence-electron chi connectivity index (χ0n) is 11.3. The maximum Gasteiger partial charge on any atom is 0.0304 e. The average molecular weight is 236 g/mol. The first-order chi connectivity index (χ1) is 8.33. The summed E-state index contributed by atoms with van der Waals surface area (Å²) in [5.74, 6) is 3.19. The molecule has 0 bridgehead atoms. The summed E-state index contributed by atoms with van der Waals surface area (Å²) in [4.78, 5) is 0. The third-order valence-electron chi connectivity index (χ3n) is 5.31. The van der Waals surface area contributed by atoms with Crippen LogP contribution in [0.1, 0.15) is 51.9 Å². The Kier molecular flexibility index (Phi) is 3.45. The fourth-order valence-corrected chi connectivity index (χ4v) is 3.69. The van der Waals surface area contributed by atoms with Crippen LogP contribution in [0.5, 0.6) is 0 Å². The standard InChI is InChI=1S/C15H28N2/c1-2-15(8-3-9-17-15)11-16-10-14(12-4-5-12)13-6-7-13/h12-14,16-17H,2-11H2,1H3. The van der Waals surface area contributed by atoms with Gasteiger partial charge >= 0.3 is 0 Å². The molecular weight excluding hydrogens is 208 g/mol. The molecule has 1 saturated heterocycles. The normalized spacial score (nSPS) is 33.5. The van der Waals surface area contributed by atoms with Crippen LogP contribution in [-0.2, 0) is 0 Å². The summed E-state index contributed by atoms with van der Waals surface area (Å²) >= 11 is 0. The smallest absolute Gasteiger partial charge is 0.0304 e. The highest BCUT2D eigenvalue weighted by molar-refractivity contribution is 4.96. The van der Waals surface area contributed by atoms with Crippen molar-refractivity contribution in [2.45, 2.75) is 57.4 Å². The highest BCUT2D eigenvalue weighted by Gasteiger charge is 2.41. The lowest BCUT2D eigenvalue weighted by Crippen LogP contribution is -2.49. The molecule has 2 aliphatic carbocycles. The highest BCUT2D eigenvalue weighted by atomic mass is 15.1. The van der Waals surface area contributed by atoms with E-state index in [1.807, 2.05) is 0 Å². The molecule has 0 aromatic heterocycles. The molecule has 2 heteroatoms. The summed E-state index contributed by atoms with van der Waals surface area (Å²) in [6.07, 6.45) is 10.1. The Morgan fingerprint density at radius 3 is 2.41 bits per heavy atom. The predicted octanol–water partition coefficient (Wildman–Crippen LogP) is 2.54. The lowest BCUT2D eigenvalue weighted by molar-refractivity contribution is 0.309. The van der Waals surface area contributed by atoms with Gasteiger partial charge in [-0.15, -0.1) is 0 Å². The van der Waals surface area contributed by atoms with Crippen molar-refractivity contribution in [3.63, 3.8) is 0 Å². The van der Waals surface area contributed by atoms with Crippen LogP contribution in [0.3, 0.4) is 0 Å². The molecule has 2 saturated carbocycles. The van der Waals surface area contributed by atoms with Gasteiger partial charge in [-0.1, -0.05) is 6.92 Å². The van der Waals surface area contributed by atoms with Gasteiger partial charge in [-0.05, 0) is 75.8 Å². The van der Waals surface area contributed by atoms with E-state index in [2.05, 4.69) is 17.6 Å². The molecule has 1 atom stereocenters. The quantitative estimate of drug-likeness (QED) is 0.710. The molecule has 1 aliphatic heterocycles. The van der Waals surface area contributed by atoms with Crippen LogP contribution in [0, 0.1) is 17.8 Å². The molecular formula is C15H28N2. The van der Waals surface area contributed by atoms with Crippen molar-refractivity contribution < 1.29 is 0 Å². The van der Waals surface area contributed by atoms with Crippen molar-refractivity contribution >= 4 is 0 Å². The molecule has 1 unspecified atom stereocenters. The molecule has 0 radical (unpaired) electrons. The van der Waals surface area contributed by atoms with Crippen molar-refractivity contribution in [3.05, 3.63) is 0 Å². The molecule has 3 rings (SSSR count). The largest absolute Gasteiger partial charge is 0.315 e. The number of nitrogens with one attached hydrogen (secondary N) is 2. The van der Waals surface area contributed by atoms with Crippen LogP contribution in [0.15, 0.2) is 0 Å². The maximum atomic E-state index is 3.80.